The number of ether oxygens (including phenoxy) is 1. The van der Waals surface area contributed by atoms with Gasteiger partial charge in [0, 0.05) is 32.1 Å². The average molecular weight is 656 g/mol. The highest BCUT2D eigenvalue weighted by molar-refractivity contribution is 6.38. The minimum absolute atomic E-state index is 0.00275. The fraction of sp³-hybridized carbons (Fsp3) is 0.697. The first-order valence-corrected chi connectivity index (χ1v) is 16.6. The number of carbonyl (C=O) groups excluding carboxylic acids is 6. The van der Waals surface area contributed by atoms with Gasteiger partial charge in [-0.05, 0) is 56.3 Å². The van der Waals surface area contributed by atoms with E-state index in [-0.39, 0.29) is 30.0 Å². The second-order valence-corrected chi connectivity index (χ2v) is 14.0. The Balaban J connectivity index is 1.55. The van der Waals surface area contributed by atoms with Crippen LogP contribution in [0.25, 0.3) is 0 Å². The Labute approximate surface area is 275 Å². The molecular formula is C33H49N7O7. The predicted molar refractivity (Wildman–Crippen MR) is 170 cm³/mol. The van der Waals surface area contributed by atoms with Crippen molar-refractivity contribution in [3.63, 3.8) is 0 Å². The van der Waals surface area contributed by atoms with Gasteiger partial charge < -0.3 is 30.9 Å². The highest BCUT2D eigenvalue weighted by Crippen LogP contribution is 2.43. The van der Waals surface area contributed by atoms with E-state index in [2.05, 4.69) is 31.2 Å². The van der Waals surface area contributed by atoms with Crippen LogP contribution in [0.3, 0.4) is 0 Å². The van der Waals surface area contributed by atoms with Crippen LogP contribution < -0.4 is 21.3 Å². The van der Waals surface area contributed by atoms with E-state index < -0.39 is 71.0 Å². The standard InChI is InChI=1S/C33H49N7O7/c1-7-9-22(26(41)31(45)36-20-12-13-20)37-30(44)25-21-11-8-10-19(21)17-40(25)32(46)27(33(3,4)5)39-29(43)24(18(2)47-6)38-28(42)23-16-34-14-15-35-23/h14-16,18-22,24-25,27H,7-13,17H2,1-6H3,(H,36,45)(H,37,44)(H,38,42)(H,39,43)/t18-,19?,21+,22+,24+,25+,27-/m1/s1. The van der Waals surface area contributed by atoms with Crippen LogP contribution in [0.15, 0.2) is 18.6 Å². The molecule has 47 heavy (non-hydrogen) atoms. The molecule has 0 aromatic carbocycles. The lowest BCUT2D eigenvalue weighted by molar-refractivity contribution is -0.146. The fourth-order valence-corrected chi connectivity index (χ4v) is 6.54. The van der Waals surface area contributed by atoms with E-state index in [1.54, 1.807) is 6.92 Å². The van der Waals surface area contributed by atoms with Crippen molar-refractivity contribution in [3.05, 3.63) is 24.3 Å². The van der Waals surface area contributed by atoms with Gasteiger partial charge in [-0.3, -0.25) is 33.8 Å². The number of nitrogens with zero attached hydrogens (tertiary/aromatic N) is 3. The molecule has 0 bridgehead atoms. The number of hydrogen-bond donors (Lipinski definition) is 4. The molecule has 1 aromatic rings. The maximum absolute atomic E-state index is 14.4. The summed E-state index contributed by atoms with van der Waals surface area (Å²) in [6.07, 6.45) is 8.33. The summed E-state index contributed by atoms with van der Waals surface area (Å²) in [6.45, 7) is 9.25. The zero-order valence-corrected chi connectivity index (χ0v) is 28.2. The van der Waals surface area contributed by atoms with Gasteiger partial charge in [0.1, 0.15) is 23.8 Å². The van der Waals surface area contributed by atoms with E-state index in [0.717, 1.165) is 32.1 Å². The van der Waals surface area contributed by atoms with Crippen LogP contribution in [-0.4, -0.2) is 100 Å². The normalized spacial score (nSPS) is 23.1. The lowest BCUT2D eigenvalue weighted by Gasteiger charge is -2.37. The second kappa shape index (κ2) is 15.3. The molecule has 4 rings (SSSR count). The highest BCUT2D eigenvalue weighted by atomic mass is 16.5. The first kappa shape index (κ1) is 35.9. The van der Waals surface area contributed by atoms with E-state index in [1.165, 1.54) is 30.6 Å². The van der Waals surface area contributed by atoms with Crippen LogP contribution in [0.4, 0.5) is 0 Å². The van der Waals surface area contributed by atoms with Gasteiger partial charge >= 0.3 is 0 Å². The summed E-state index contributed by atoms with van der Waals surface area (Å²) in [6, 6.07) is -4.10. The van der Waals surface area contributed by atoms with Crippen molar-refractivity contribution >= 4 is 35.3 Å². The Morgan fingerprint density at radius 1 is 1.02 bits per heavy atom. The number of amides is 5. The van der Waals surface area contributed by atoms with Crippen LogP contribution >= 0.6 is 0 Å². The Morgan fingerprint density at radius 3 is 2.34 bits per heavy atom. The second-order valence-electron chi connectivity index (χ2n) is 14.0. The molecule has 2 heterocycles. The number of rotatable bonds is 14. The van der Waals surface area contributed by atoms with Gasteiger partial charge in [0.15, 0.2) is 0 Å². The molecule has 0 spiro atoms. The number of fused-ring (bicyclic) bond motifs is 1. The molecule has 14 heteroatoms. The van der Waals surface area contributed by atoms with Crippen molar-refractivity contribution in [2.45, 2.75) is 116 Å². The topological polar surface area (TPSA) is 189 Å². The molecule has 1 aromatic heterocycles. The maximum Gasteiger partial charge on any atom is 0.289 e. The molecule has 2 saturated carbocycles. The van der Waals surface area contributed by atoms with Crippen molar-refractivity contribution in [1.29, 1.82) is 0 Å². The van der Waals surface area contributed by atoms with Gasteiger partial charge in [-0.2, -0.15) is 0 Å². The quantitative estimate of drug-likeness (QED) is 0.211. The number of hydrogen-bond acceptors (Lipinski definition) is 9. The first-order chi connectivity index (χ1) is 22.3. The molecule has 1 unspecified atom stereocenters. The Bertz CT molecular complexity index is 1330. The van der Waals surface area contributed by atoms with Gasteiger partial charge in [-0.15, -0.1) is 0 Å². The number of nitrogens with one attached hydrogen (secondary N) is 4. The average Bonchev–Trinajstić information content (AvgIpc) is 3.61. The zero-order valence-electron chi connectivity index (χ0n) is 28.2. The Hall–Kier alpha value is -3.94. The Morgan fingerprint density at radius 2 is 1.74 bits per heavy atom. The Kier molecular flexibility index (Phi) is 11.7. The summed E-state index contributed by atoms with van der Waals surface area (Å²) in [4.78, 5) is 90.1. The van der Waals surface area contributed by atoms with Crippen LogP contribution in [0.1, 0.15) is 90.1 Å². The molecule has 1 saturated heterocycles. The lowest BCUT2D eigenvalue weighted by Crippen LogP contribution is -2.62. The van der Waals surface area contributed by atoms with Gasteiger partial charge in [-0.1, -0.05) is 40.5 Å². The minimum Gasteiger partial charge on any atom is -0.379 e. The molecule has 3 fully saturated rings. The molecular weight excluding hydrogens is 606 g/mol. The van der Waals surface area contributed by atoms with Crippen molar-refractivity contribution in [2.24, 2.45) is 17.3 Å². The summed E-state index contributed by atoms with van der Waals surface area (Å²) in [7, 11) is 1.41. The fourth-order valence-electron chi connectivity index (χ4n) is 6.54. The third kappa shape index (κ3) is 8.70. The van der Waals surface area contributed by atoms with Crippen molar-refractivity contribution in [1.82, 2.24) is 36.1 Å². The van der Waals surface area contributed by atoms with E-state index in [0.29, 0.717) is 13.0 Å². The van der Waals surface area contributed by atoms with Gasteiger partial charge in [0.25, 0.3) is 11.8 Å². The number of ketones is 1. The van der Waals surface area contributed by atoms with Gasteiger partial charge in [-0.25, -0.2) is 4.98 Å². The van der Waals surface area contributed by atoms with Crippen molar-refractivity contribution < 1.29 is 33.5 Å². The highest BCUT2D eigenvalue weighted by Gasteiger charge is 2.52. The molecule has 4 N–H and O–H groups in total. The molecule has 14 nitrogen and oxygen atoms in total. The summed E-state index contributed by atoms with van der Waals surface area (Å²) in [5.41, 5.74) is -0.776. The van der Waals surface area contributed by atoms with Crippen LogP contribution in [0, 0.1) is 17.3 Å². The van der Waals surface area contributed by atoms with E-state index in [4.69, 9.17) is 4.74 Å². The number of Topliss-reactive ketones (excluding diaryl/α,β-unsaturated/α-hetero) is 1. The third-order valence-electron chi connectivity index (χ3n) is 9.39. The van der Waals surface area contributed by atoms with Crippen molar-refractivity contribution in [2.75, 3.05) is 13.7 Å². The smallest absolute Gasteiger partial charge is 0.289 e. The first-order valence-electron chi connectivity index (χ1n) is 16.6. The van der Waals surface area contributed by atoms with E-state index in [9.17, 15) is 28.8 Å². The lowest BCUT2D eigenvalue weighted by atomic mass is 9.85. The summed E-state index contributed by atoms with van der Waals surface area (Å²) in [5, 5.41) is 11.0. The van der Waals surface area contributed by atoms with Gasteiger partial charge in [0.05, 0.1) is 18.3 Å². The minimum atomic E-state index is -1.17. The molecule has 3 aliphatic rings. The monoisotopic (exact) mass is 655 g/mol. The van der Waals surface area contributed by atoms with Crippen LogP contribution in [0.5, 0.6) is 0 Å². The number of carbonyl (C=O) groups is 6. The molecule has 2 aliphatic carbocycles. The maximum atomic E-state index is 14.4. The summed E-state index contributed by atoms with van der Waals surface area (Å²) < 4.78 is 5.40. The van der Waals surface area contributed by atoms with Crippen LogP contribution in [0.2, 0.25) is 0 Å². The SMILES string of the molecule is CCC[C@H](NC(=O)[C@@H]1[C@H]2CCCC2CN1C(=O)[C@@H](NC(=O)[C@@H](NC(=O)c1cnccn1)[C@@H](C)OC)C(C)(C)C)C(=O)C(=O)NC1CC1. The predicted octanol–water partition coefficient (Wildman–Crippen LogP) is 0.901. The number of aromatic nitrogens is 2. The molecule has 5 amide bonds. The number of likely N-dealkylation sites (tertiary alicyclic amines) is 1. The zero-order chi connectivity index (χ0) is 34.5. The molecule has 258 valence electrons. The number of methoxy groups -OCH3 is 1. The molecule has 7 atom stereocenters. The molecule has 1 aliphatic heterocycles. The largest absolute Gasteiger partial charge is 0.379 e. The van der Waals surface area contributed by atoms with E-state index in [1.807, 2.05) is 27.7 Å². The summed E-state index contributed by atoms with van der Waals surface area (Å²) >= 11 is 0. The van der Waals surface area contributed by atoms with Crippen molar-refractivity contribution in [3.8, 4) is 0 Å². The van der Waals surface area contributed by atoms with Gasteiger partial charge in [0.2, 0.25) is 23.5 Å². The summed E-state index contributed by atoms with van der Waals surface area (Å²) in [5.74, 6) is -3.59. The third-order valence-corrected chi connectivity index (χ3v) is 9.39. The van der Waals surface area contributed by atoms with Crippen LogP contribution in [-0.2, 0) is 28.7 Å². The molecule has 0 radical (unpaired) electrons. The van der Waals surface area contributed by atoms with E-state index >= 15 is 0 Å².